The highest BCUT2D eigenvalue weighted by molar-refractivity contribution is 9.10. The van der Waals surface area contributed by atoms with E-state index < -0.39 is 24.8 Å². The lowest BCUT2D eigenvalue weighted by atomic mass is 10.2. The topological polar surface area (TPSA) is 44.8 Å². The van der Waals surface area contributed by atoms with Crippen molar-refractivity contribution < 1.29 is 27.8 Å². The van der Waals surface area contributed by atoms with Crippen LogP contribution < -0.4 is 4.74 Å². The van der Waals surface area contributed by atoms with Gasteiger partial charge in [-0.25, -0.2) is 13.6 Å². The lowest BCUT2D eigenvalue weighted by Gasteiger charge is -2.19. The monoisotopic (exact) mass is 366 g/mol. The molecule has 1 rings (SSSR count). The maximum Gasteiger partial charge on any atom is 0.514 e. The van der Waals surface area contributed by atoms with Crippen molar-refractivity contribution in [1.29, 1.82) is 0 Å². The molecule has 0 saturated heterocycles. The quantitative estimate of drug-likeness (QED) is 0.566. The summed E-state index contributed by atoms with van der Waals surface area (Å²) in [5.41, 5.74) is -0.0564. The Morgan fingerprint density at radius 1 is 1.33 bits per heavy atom. The van der Waals surface area contributed by atoms with Crippen LogP contribution in [0.25, 0.3) is 0 Å². The maximum atomic E-state index is 12.0. The molecule has 0 aliphatic heterocycles. The normalized spacial score (nSPS) is 11.6. The predicted octanol–water partition coefficient (Wildman–Crippen LogP) is 4.54. The summed E-state index contributed by atoms with van der Waals surface area (Å²) >= 11 is 3.24. The Labute approximate surface area is 130 Å². The van der Waals surface area contributed by atoms with Crippen LogP contribution in [0.3, 0.4) is 0 Å². The summed E-state index contributed by atoms with van der Waals surface area (Å²) in [6.45, 7) is 4.52. The number of ether oxygens (including phenoxy) is 3. The van der Waals surface area contributed by atoms with Crippen LogP contribution in [0, 0.1) is 0 Å². The summed E-state index contributed by atoms with van der Waals surface area (Å²) in [5.74, 6) is 0.238. The minimum atomic E-state index is -2.52. The smallest absolute Gasteiger partial charge is 0.428 e. The van der Waals surface area contributed by atoms with Crippen LogP contribution in [0.4, 0.5) is 13.6 Å². The Morgan fingerprint density at radius 3 is 2.57 bits per heavy atom. The van der Waals surface area contributed by atoms with Gasteiger partial charge in [0.05, 0.1) is 11.1 Å². The molecule has 0 fully saturated rings. The Hall–Kier alpha value is -1.21. The van der Waals surface area contributed by atoms with E-state index in [-0.39, 0.29) is 12.4 Å². The zero-order chi connectivity index (χ0) is 16.0. The van der Waals surface area contributed by atoms with Crippen molar-refractivity contribution >= 4 is 22.1 Å². The molecule has 0 atom stereocenters. The Morgan fingerprint density at radius 2 is 2.00 bits per heavy atom. The van der Waals surface area contributed by atoms with Crippen LogP contribution in [0.5, 0.6) is 5.75 Å². The van der Waals surface area contributed by atoms with Crippen molar-refractivity contribution in [2.45, 2.75) is 39.4 Å². The van der Waals surface area contributed by atoms with E-state index >= 15 is 0 Å². The molecule has 4 nitrogen and oxygen atoms in total. The van der Waals surface area contributed by atoms with E-state index in [0.29, 0.717) is 10.0 Å². The molecule has 0 heterocycles. The van der Waals surface area contributed by atoms with Crippen LogP contribution in [0.1, 0.15) is 26.3 Å². The van der Waals surface area contributed by atoms with Gasteiger partial charge < -0.3 is 14.2 Å². The summed E-state index contributed by atoms with van der Waals surface area (Å²) in [4.78, 5) is 11.6. The van der Waals surface area contributed by atoms with E-state index in [2.05, 4.69) is 15.9 Å². The molecule has 118 valence electrons. The zero-order valence-corrected chi connectivity index (χ0v) is 13.6. The fourth-order valence-electron chi connectivity index (χ4n) is 1.34. The first kappa shape index (κ1) is 17.8. The molecular weight excluding hydrogens is 350 g/mol. The molecule has 0 unspecified atom stereocenters. The number of carbonyl (C=O) groups excluding carboxylic acids is 1. The van der Waals surface area contributed by atoms with Gasteiger partial charge in [-0.1, -0.05) is 6.07 Å². The van der Waals surface area contributed by atoms with E-state index in [9.17, 15) is 13.6 Å². The van der Waals surface area contributed by atoms with Gasteiger partial charge in [0.15, 0.2) is 0 Å². The molecule has 0 bridgehead atoms. The lowest BCUT2D eigenvalue weighted by molar-refractivity contribution is 0.00972. The summed E-state index contributed by atoms with van der Waals surface area (Å²) in [7, 11) is 0. The van der Waals surface area contributed by atoms with Crippen molar-refractivity contribution in [1.82, 2.24) is 0 Å². The second kappa shape index (κ2) is 7.70. The Balaban J connectivity index is 2.67. The zero-order valence-electron chi connectivity index (χ0n) is 12.0. The average molecular weight is 367 g/mol. The third kappa shape index (κ3) is 7.38. The summed E-state index contributed by atoms with van der Waals surface area (Å²) < 4.78 is 39.5. The summed E-state index contributed by atoms with van der Waals surface area (Å²) in [6.07, 6.45) is -3.35. The molecule has 7 heteroatoms. The number of rotatable bonds is 5. The van der Waals surface area contributed by atoms with Crippen LogP contribution >= 0.6 is 15.9 Å². The molecule has 21 heavy (non-hydrogen) atoms. The molecule has 1 aromatic rings. The molecule has 0 aliphatic carbocycles. The molecule has 0 N–H and O–H groups in total. The van der Waals surface area contributed by atoms with Gasteiger partial charge in [-0.05, 0) is 54.4 Å². The summed E-state index contributed by atoms with van der Waals surface area (Å²) in [6, 6.07) is 4.84. The third-order valence-corrected chi connectivity index (χ3v) is 2.75. The molecule has 0 radical (unpaired) electrons. The number of benzene rings is 1. The fourth-order valence-corrected chi connectivity index (χ4v) is 1.67. The largest absolute Gasteiger partial charge is 0.514 e. The van der Waals surface area contributed by atoms with Gasteiger partial charge in [0.1, 0.15) is 18.0 Å². The fraction of sp³-hybridized carbons (Fsp3) is 0.500. The van der Waals surface area contributed by atoms with Gasteiger partial charge in [0.25, 0.3) is 6.43 Å². The van der Waals surface area contributed by atoms with Crippen LogP contribution in [0.15, 0.2) is 22.7 Å². The van der Waals surface area contributed by atoms with Crippen LogP contribution in [-0.4, -0.2) is 24.8 Å². The molecular formula is C14H17BrF2O4. The van der Waals surface area contributed by atoms with Crippen LogP contribution in [0.2, 0.25) is 0 Å². The van der Waals surface area contributed by atoms with Crippen molar-refractivity contribution in [3.8, 4) is 5.75 Å². The lowest BCUT2D eigenvalue weighted by Crippen LogP contribution is -2.26. The Bertz CT molecular complexity index is 486. The molecule has 0 spiro atoms. The molecule has 0 amide bonds. The highest BCUT2D eigenvalue weighted by atomic mass is 79.9. The van der Waals surface area contributed by atoms with E-state index in [0.717, 1.165) is 0 Å². The van der Waals surface area contributed by atoms with E-state index in [1.54, 1.807) is 32.9 Å². The second-order valence-corrected chi connectivity index (χ2v) is 6.09. The average Bonchev–Trinajstić information content (AvgIpc) is 2.30. The van der Waals surface area contributed by atoms with Gasteiger partial charge in [-0.3, -0.25) is 0 Å². The first-order valence-electron chi connectivity index (χ1n) is 6.22. The number of carbonyl (C=O) groups is 1. The second-order valence-electron chi connectivity index (χ2n) is 5.24. The van der Waals surface area contributed by atoms with Crippen LogP contribution in [-0.2, 0) is 16.1 Å². The molecule has 1 aromatic carbocycles. The van der Waals surface area contributed by atoms with Crippen molar-refractivity contribution in [3.63, 3.8) is 0 Å². The minimum Gasteiger partial charge on any atom is -0.428 e. The molecule has 0 aliphatic rings. The highest BCUT2D eigenvalue weighted by Gasteiger charge is 2.19. The van der Waals surface area contributed by atoms with Gasteiger partial charge >= 0.3 is 6.16 Å². The Kier molecular flexibility index (Phi) is 6.54. The van der Waals surface area contributed by atoms with Gasteiger partial charge in [0.2, 0.25) is 0 Å². The van der Waals surface area contributed by atoms with E-state index in [4.69, 9.17) is 14.2 Å². The van der Waals surface area contributed by atoms with Crippen molar-refractivity contribution in [2.24, 2.45) is 0 Å². The predicted molar refractivity (Wildman–Crippen MR) is 76.7 cm³/mol. The van der Waals surface area contributed by atoms with E-state index in [1.165, 1.54) is 6.07 Å². The molecule has 0 aromatic heterocycles. The first-order chi connectivity index (χ1) is 9.67. The van der Waals surface area contributed by atoms with Gasteiger partial charge in [-0.15, -0.1) is 0 Å². The van der Waals surface area contributed by atoms with Gasteiger partial charge in [-0.2, -0.15) is 0 Å². The minimum absolute atomic E-state index is 0.00228. The standard InChI is InChI=1S/C14H17BrF2O4/c1-14(2,3)21-13(18)20-11-6-9(4-5-10(11)15)7-19-8-12(16)17/h4-6,12H,7-8H2,1-3H3. The number of alkyl halides is 2. The van der Waals surface area contributed by atoms with Crippen molar-refractivity contribution in [3.05, 3.63) is 28.2 Å². The third-order valence-electron chi connectivity index (χ3n) is 2.09. The maximum absolute atomic E-state index is 12.0. The van der Waals surface area contributed by atoms with Crippen molar-refractivity contribution in [2.75, 3.05) is 6.61 Å². The number of halogens is 3. The number of hydrogen-bond donors (Lipinski definition) is 0. The van der Waals surface area contributed by atoms with Gasteiger partial charge in [0, 0.05) is 0 Å². The summed E-state index contributed by atoms with van der Waals surface area (Å²) in [5, 5.41) is 0. The number of hydrogen-bond acceptors (Lipinski definition) is 4. The highest BCUT2D eigenvalue weighted by Crippen LogP contribution is 2.27. The van der Waals surface area contributed by atoms with E-state index in [1.807, 2.05) is 0 Å². The molecule has 0 saturated carbocycles. The first-order valence-corrected chi connectivity index (χ1v) is 7.02. The SMILES string of the molecule is CC(C)(C)OC(=O)Oc1cc(COCC(F)F)ccc1Br.